The summed E-state index contributed by atoms with van der Waals surface area (Å²) in [5, 5.41) is 3.46. The van der Waals surface area contributed by atoms with Crippen molar-refractivity contribution in [2.45, 2.75) is 53.0 Å². The van der Waals surface area contributed by atoms with Gasteiger partial charge in [0.1, 0.15) is 0 Å². The summed E-state index contributed by atoms with van der Waals surface area (Å²) in [5.41, 5.74) is 0.430. The molecule has 1 aliphatic carbocycles. The summed E-state index contributed by atoms with van der Waals surface area (Å²) in [5.74, 6) is 1.12. The van der Waals surface area contributed by atoms with Crippen LogP contribution in [0.15, 0.2) is 4.99 Å². The van der Waals surface area contributed by atoms with E-state index in [2.05, 4.69) is 42.8 Å². The van der Waals surface area contributed by atoms with Crippen LogP contribution in [0.2, 0.25) is 0 Å². The Morgan fingerprint density at radius 2 is 2.05 bits per heavy atom. The summed E-state index contributed by atoms with van der Waals surface area (Å²) >= 11 is 0. The number of hydrogen-bond donors (Lipinski definition) is 1. The molecule has 1 saturated carbocycles. The van der Waals surface area contributed by atoms with E-state index in [1.807, 2.05) is 0 Å². The molecular formula is C16H33IN4. The van der Waals surface area contributed by atoms with E-state index in [1.165, 1.54) is 19.3 Å². The van der Waals surface area contributed by atoms with Crippen molar-refractivity contribution < 1.29 is 0 Å². The van der Waals surface area contributed by atoms with Crippen molar-refractivity contribution in [1.29, 1.82) is 0 Å². The molecule has 1 heterocycles. The summed E-state index contributed by atoms with van der Waals surface area (Å²) in [6, 6.07) is 0.850. The number of halogens is 1. The van der Waals surface area contributed by atoms with Gasteiger partial charge in [0.15, 0.2) is 5.96 Å². The van der Waals surface area contributed by atoms with E-state index < -0.39 is 0 Å². The van der Waals surface area contributed by atoms with Crippen LogP contribution in [0.3, 0.4) is 0 Å². The maximum Gasteiger partial charge on any atom is 0.193 e. The van der Waals surface area contributed by atoms with Crippen LogP contribution in [0.25, 0.3) is 0 Å². The maximum atomic E-state index is 4.85. The van der Waals surface area contributed by atoms with Crippen molar-refractivity contribution in [2.75, 3.05) is 39.3 Å². The monoisotopic (exact) mass is 408 g/mol. The van der Waals surface area contributed by atoms with Crippen LogP contribution in [-0.2, 0) is 0 Å². The number of likely N-dealkylation sites (N-methyl/N-ethyl adjacent to an activating group) is 1. The van der Waals surface area contributed by atoms with Gasteiger partial charge in [0.05, 0.1) is 6.54 Å². The molecule has 4 nitrogen and oxygen atoms in total. The van der Waals surface area contributed by atoms with Gasteiger partial charge in [0.25, 0.3) is 0 Å². The fourth-order valence-corrected chi connectivity index (χ4v) is 3.04. The molecule has 0 spiro atoms. The van der Waals surface area contributed by atoms with E-state index in [0.717, 1.165) is 51.3 Å². The first-order valence-electron chi connectivity index (χ1n) is 8.33. The topological polar surface area (TPSA) is 30.9 Å². The molecule has 2 fully saturated rings. The van der Waals surface area contributed by atoms with Gasteiger partial charge in [-0.2, -0.15) is 0 Å². The highest BCUT2D eigenvalue weighted by atomic mass is 127. The zero-order valence-electron chi connectivity index (χ0n) is 14.2. The molecule has 0 radical (unpaired) electrons. The molecule has 1 N–H and O–H groups in total. The van der Waals surface area contributed by atoms with Crippen LogP contribution in [0.5, 0.6) is 0 Å². The number of aliphatic imine (C=N–C) groups is 1. The third-order valence-electron chi connectivity index (χ3n) is 4.43. The zero-order chi connectivity index (χ0) is 14.6. The number of rotatable bonds is 6. The van der Waals surface area contributed by atoms with Crippen molar-refractivity contribution >= 4 is 29.9 Å². The fourth-order valence-electron chi connectivity index (χ4n) is 3.04. The summed E-state index contributed by atoms with van der Waals surface area (Å²) in [4.78, 5) is 9.85. The largest absolute Gasteiger partial charge is 0.357 e. The molecule has 1 saturated heterocycles. The zero-order valence-corrected chi connectivity index (χ0v) is 16.5. The first-order valence-corrected chi connectivity index (χ1v) is 8.33. The van der Waals surface area contributed by atoms with Gasteiger partial charge in [0.2, 0.25) is 0 Å². The Kier molecular flexibility index (Phi) is 7.74. The minimum atomic E-state index is 0. The molecule has 2 aliphatic rings. The number of nitrogens with zero attached hydrogens (tertiary/aromatic N) is 3. The van der Waals surface area contributed by atoms with Crippen molar-refractivity contribution in [3.63, 3.8) is 0 Å². The SMILES string of the molecule is CCNC(=NCCN(CC)C1CC1)N1CCC(C)(C)C1.I. The van der Waals surface area contributed by atoms with Gasteiger partial charge in [-0.15, -0.1) is 24.0 Å². The Hall–Kier alpha value is -0.0400. The lowest BCUT2D eigenvalue weighted by Gasteiger charge is -2.24. The second-order valence-electron chi connectivity index (χ2n) is 6.93. The highest BCUT2D eigenvalue weighted by Gasteiger charge is 2.31. The van der Waals surface area contributed by atoms with Crippen LogP contribution in [0, 0.1) is 5.41 Å². The van der Waals surface area contributed by atoms with E-state index in [-0.39, 0.29) is 24.0 Å². The van der Waals surface area contributed by atoms with Crippen LogP contribution < -0.4 is 5.32 Å². The minimum absolute atomic E-state index is 0. The minimum Gasteiger partial charge on any atom is -0.357 e. The molecule has 5 heteroatoms. The Balaban J connectivity index is 0.00000220. The molecule has 0 aromatic heterocycles. The van der Waals surface area contributed by atoms with E-state index >= 15 is 0 Å². The van der Waals surface area contributed by atoms with Crippen LogP contribution >= 0.6 is 24.0 Å². The first-order chi connectivity index (χ1) is 9.55. The second kappa shape index (κ2) is 8.56. The Morgan fingerprint density at radius 1 is 1.33 bits per heavy atom. The van der Waals surface area contributed by atoms with Gasteiger partial charge in [-0.25, -0.2) is 0 Å². The van der Waals surface area contributed by atoms with E-state index in [1.54, 1.807) is 0 Å². The summed E-state index contributed by atoms with van der Waals surface area (Å²) in [7, 11) is 0. The maximum absolute atomic E-state index is 4.85. The lowest BCUT2D eigenvalue weighted by molar-refractivity contribution is 0.285. The normalized spacial score (nSPS) is 21.6. The number of guanidine groups is 1. The fraction of sp³-hybridized carbons (Fsp3) is 0.938. The molecule has 0 atom stereocenters. The third kappa shape index (κ3) is 5.93. The molecule has 0 aromatic rings. The van der Waals surface area contributed by atoms with Crippen molar-refractivity contribution in [3.05, 3.63) is 0 Å². The number of likely N-dealkylation sites (tertiary alicyclic amines) is 1. The second-order valence-corrected chi connectivity index (χ2v) is 6.93. The van der Waals surface area contributed by atoms with Gasteiger partial charge in [-0.3, -0.25) is 9.89 Å². The molecule has 21 heavy (non-hydrogen) atoms. The van der Waals surface area contributed by atoms with E-state index in [4.69, 9.17) is 4.99 Å². The highest BCUT2D eigenvalue weighted by molar-refractivity contribution is 14.0. The predicted octanol–water partition coefficient (Wildman–Crippen LogP) is 2.79. The van der Waals surface area contributed by atoms with Crippen LogP contribution in [0.1, 0.15) is 47.0 Å². The van der Waals surface area contributed by atoms with Crippen molar-refractivity contribution in [2.24, 2.45) is 10.4 Å². The van der Waals surface area contributed by atoms with Gasteiger partial charge >= 0.3 is 0 Å². The summed E-state index contributed by atoms with van der Waals surface area (Å²) in [6.45, 7) is 15.5. The third-order valence-corrected chi connectivity index (χ3v) is 4.43. The molecule has 124 valence electrons. The average Bonchev–Trinajstić information content (AvgIpc) is 3.17. The molecule has 0 amide bonds. The van der Waals surface area contributed by atoms with Crippen LogP contribution in [0.4, 0.5) is 0 Å². The van der Waals surface area contributed by atoms with Crippen molar-refractivity contribution in [3.8, 4) is 0 Å². The molecular weight excluding hydrogens is 375 g/mol. The molecule has 0 aromatic carbocycles. The lowest BCUT2D eigenvalue weighted by Crippen LogP contribution is -2.41. The smallest absolute Gasteiger partial charge is 0.193 e. The van der Waals surface area contributed by atoms with Gasteiger partial charge < -0.3 is 10.2 Å². The summed E-state index contributed by atoms with van der Waals surface area (Å²) < 4.78 is 0. The predicted molar refractivity (Wildman–Crippen MR) is 102 cm³/mol. The Morgan fingerprint density at radius 3 is 2.52 bits per heavy atom. The van der Waals surface area contributed by atoms with Gasteiger partial charge in [-0.1, -0.05) is 20.8 Å². The van der Waals surface area contributed by atoms with Gasteiger partial charge in [0, 0.05) is 32.2 Å². The Bertz CT molecular complexity index is 339. The Labute approximate surface area is 147 Å². The first kappa shape index (κ1) is 19.0. The van der Waals surface area contributed by atoms with E-state index in [9.17, 15) is 0 Å². The van der Waals surface area contributed by atoms with Crippen molar-refractivity contribution in [1.82, 2.24) is 15.1 Å². The lowest BCUT2D eigenvalue weighted by atomic mass is 9.93. The average molecular weight is 408 g/mol. The number of hydrogen-bond acceptors (Lipinski definition) is 2. The quantitative estimate of drug-likeness (QED) is 0.417. The summed E-state index contributed by atoms with van der Waals surface area (Å²) in [6.07, 6.45) is 4.04. The van der Waals surface area contributed by atoms with Gasteiger partial charge in [-0.05, 0) is 38.1 Å². The standard InChI is InChI=1S/C16H32N4.HI/c1-5-17-15(20-11-9-16(3,4)13-20)18-10-12-19(6-2)14-7-8-14;/h14H,5-13H2,1-4H3,(H,17,18);1H. The molecule has 0 bridgehead atoms. The molecule has 1 aliphatic heterocycles. The van der Waals surface area contributed by atoms with Crippen LogP contribution in [-0.4, -0.2) is 61.1 Å². The number of nitrogens with one attached hydrogen (secondary N) is 1. The highest BCUT2D eigenvalue weighted by Crippen LogP contribution is 2.28. The molecule has 0 unspecified atom stereocenters. The molecule has 2 rings (SSSR count). The van der Waals surface area contributed by atoms with E-state index in [0.29, 0.717) is 5.41 Å².